The fraction of sp³-hybridized carbons (Fsp3) is 0.440. The van der Waals surface area contributed by atoms with Crippen LogP contribution in [0.1, 0.15) is 49.4 Å². The number of carbonyl (C=O) groups excluding carboxylic acids is 1. The van der Waals surface area contributed by atoms with Gasteiger partial charge in [0.25, 0.3) is 0 Å². The van der Waals surface area contributed by atoms with Gasteiger partial charge in [-0.15, -0.1) is 11.3 Å². The highest BCUT2D eigenvalue weighted by molar-refractivity contribution is 7.15. The van der Waals surface area contributed by atoms with Gasteiger partial charge in [0.2, 0.25) is 5.95 Å². The van der Waals surface area contributed by atoms with E-state index < -0.39 is 22.9 Å². The van der Waals surface area contributed by atoms with Crippen molar-refractivity contribution >= 4 is 28.9 Å². The molecular weight excluding hydrogens is 493 g/mol. The zero-order valence-corrected chi connectivity index (χ0v) is 21.1. The summed E-state index contributed by atoms with van der Waals surface area (Å²) >= 11 is 1.35. The average Bonchev–Trinajstić information content (AvgIpc) is 3.29. The number of carbonyl (C=O) groups is 1. The van der Waals surface area contributed by atoms with Gasteiger partial charge in [-0.3, -0.25) is 4.79 Å². The zero-order valence-electron chi connectivity index (χ0n) is 20.3. The standard InChI is InChI=1S/C25H27F3N4O3S/c1-14-9-15(11-16(10-14)31-22-29-8-6-19(32-22)25(26,27)28)18-12-30-21(36-18)24(34)7-5-17(20(33)35-4)23(2,3)13-24/h6,8-12,17,34H,5,7,13H2,1-4H3,(H,29,31,32)/t17-,24+/m0/s1. The van der Waals surface area contributed by atoms with E-state index in [9.17, 15) is 23.1 Å². The second-order valence-corrected chi connectivity index (χ2v) is 10.8. The number of alkyl halides is 3. The van der Waals surface area contributed by atoms with Gasteiger partial charge in [0, 0.05) is 18.1 Å². The maximum Gasteiger partial charge on any atom is 0.433 e. The molecule has 0 bridgehead atoms. The molecule has 0 spiro atoms. The number of nitrogens with zero attached hydrogens (tertiary/aromatic N) is 3. The van der Waals surface area contributed by atoms with Crippen molar-refractivity contribution in [2.45, 2.75) is 51.8 Å². The van der Waals surface area contributed by atoms with Gasteiger partial charge in [-0.2, -0.15) is 13.2 Å². The summed E-state index contributed by atoms with van der Waals surface area (Å²) in [6.45, 7) is 5.76. The van der Waals surface area contributed by atoms with Gasteiger partial charge < -0.3 is 15.2 Å². The zero-order chi connectivity index (χ0) is 26.3. The number of hydrogen-bond acceptors (Lipinski definition) is 8. The van der Waals surface area contributed by atoms with Crippen molar-refractivity contribution in [3.05, 3.63) is 52.9 Å². The molecule has 11 heteroatoms. The lowest BCUT2D eigenvalue weighted by molar-refractivity contribution is -0.157. The Labute approximate surface area is 210 Å². The topological polar surface area (TPSA) is 97.2 Å². The number of methoxy groups -OCH3 is 1. The second-order valence-electron chi connectivity index (χ2n) is 9.82. The lowest BCUT2D eigenvalue weighted by atomic mass is 9.63. The Kier molecular flexibility index (Phi) is 6.82. The lowest BCUT2D eigenvalue weighted by Gasteiger charge is -2.44. The molecule has 1 aromatic carbocycles. The van der Waals surface area contributed by atoms with Crippen molar-refractivity contribution in [1.29, 1.82) is 0 Å². The molecule has 3 aromatic rings. The molecule has 7 nitrogen and oxygen atoms in total. The van der Waals surface area contributed by atoms with E-state index in [2.05, 4.69) is 20.3 Å². The van der Waals surface area contributed by atoms with E-state index in [1.54, 1.807) is 18.3 Å². The average molecular weight is 521 g/mol. The molecule has 2 heterocycles. The van der Waals surface area contributed by atoms with E-state index in [4.69, 9.17) is 4.74 Å². The number of benzene rings is 1. The third-order valence-electron chi connectivity index (χ3n) is 6.49. The number of thiazole rings is 1. The maximum atomic E-state index is 13.0. The van der Waals surface area contributed by atoms with Gasteiger partial charge in [0.1, 0.15) is 16.3 Å². The van der Waals surface area contributed by atoms with Crippen molar-refractivity contribution in [2.75, 3.05) is 12.4 Å². The minimum Gasteiger partial charge on any atom is -0.469 e. The van der Waals surface area contributed by atoms with Gasteiger partial charge in [-0.25, -0.2) is 15.0 Å². The highest BCUT2D eigenvalue weighted by Gasteiger charge is 2.49. The molecule has 2 atom stereocenters. The summed E-state index contributed by atoms with van der Waals surface area (Å²) in [6.07, 6.45) is -0.601. The smallest absolute Gasteiger partial charge is 0.433 e. The third kappa shape index (κ3) is 5.36. The Balaban J connectivity index is 1.58. The van der Waals surface area contributed by atoms with Crippen LogP contribution in [0.3, 0.4) is 0 Å². The lowest BCUT2D eigenvalue weighted by Crippen LogP contribution is -2.45. The summed E-state index contributed by atoms with van der Waals surface area (Å²) < 4.78 is 44.0. The van der Waals surface area contributed by atoms with Crippen LogP contribution in [0, 0.1) is 18.3 Å². The molecule has 0 radical (unpaired) electrons. The number of hydrogen-bond donors (Lipinski definition) is 2. The minimum atomic E-state index is -4.57. The van der Waals surface area contributed by atoms with Crippen LogP contribution in [-0.2, 0) is 21.3 Å². The second kappa shape index (κ2) is 9.44. The predicted molar refractivity (Wildman–Crippen MR) is 130 cm³/mol. The van der Waals surface area contributed by atoms with Crippen LogP contribution in [0.5, 0.6) is 0 Å². The number of ether oxygens (including phenoxy) is 1. The first kappa shape index (κ1) is 26.0. The molecule has 0 aliphatic heterocycles. The largest absolute Gasteiger partial charge is 0.469 e. The van der Waals surface area contributed by atoms with Crippen LogP contribution in [-0.4, -0.2) is 33.1 Å². The Morgan fingerprint density at radius 3 is 2.67 bits per heavy atom. The van der Waals surface area contributed by atoms with Gasteiger partial charge >= 0.3 is 12.1 Å². The van der Waals surface area contributed by atoms with Crippen molar-refractivity contribution < 1.29 is 27.8 Å². The van der Waals surface area contributed by atoms with Crippen LogP contribution in [0.2, 0.25) is 0 Å². The minimum absolute atomic E-state index is 0.162. The first-order chi connectivity index (χ1) is 16.8. The SMILES string of the molecule is COC(=O)[C@@H]1CC[C@](O)(c2ncc(-c3cc(C)cc(Nc4nccc(C(F)(F)F)n4)c3)s2)CC1(C)C. The van der Waals surface area contributed by atoms with E-state index >= 15 is 0 Å². The third-order valence-corrected chi connectivity index (χ3v) is 7.73. The Hall–Kier alpha value is -3.05. The van der Waals surface area contributed by atoms with Crippen molar-refractivity contribution in [3.8, 4) is 10.4 Å². The number of esters is 1. The molecule has 2 N–H and O–H groups in total. The highest BCUT2D eigenvalue weighted by atomic mass is 32.1. The van der Waals surface area contributed by atoms with Crippen molar-refractivity contribution in [2.24, 2.45) is 11.3 Å². The Morgan fingerprint density at radius 2 is 2.00 bits per heavy atom. The van der Waals surface area contributed by atoms with E-state index in [1.807, 2.05) is 26.8 Å². The summed E-state index contributed by atoms with van der Waals surface area (Å²) in [5.41, 5.74) is -0.490. The normalized spacial score (nSPS) is 21.7. The van der Waals surface area contributed by atoms with E-state index in [-0.39, 0.29) is 17.8 Å². The van der Waals surface area contributed by atoms with Gasteiger partial charge in [0.15, 0.2) is 0 Å². The van der Waals surface area contributed by atoms with Crippen molar-refractivity contribution in [3.63, 3.8) is 0 Å². The van der Waals surface area contributed by atoms with Crippen molar-refractivity contribution in [1.82, 2.24) is 15.0 Å². The molecule has 0 unspecified atom stereocenters. The highest BCUT2D eigenvalue weighted by Crippen LogP contribution is 2.51. The summed E-state index contributed by atoms with van der Waals surface area (Å²) in [6, 6.07) is 6.29. The number of aromatic nitrogens is 3. The first-order valence-electron chi connectivity index (χ1n) is 11.4. The number of rotatable bonds is 5. The van der Waals surface area contributed by atoms with Crippen LogP contribution in [0.25, 0.3) is 10.4 Å². The fourth-order valence-corrected chi connectivity index (χ4v) is 5.85. The Bertz CT molecular complexity index is 1280. The quantitative estimate of drug-likeness (QED) is 0.407. The molecule has 0 amide bonds. The summed E-state index contributed by atoms with van der Waals surface area (Å²) in [5, 5.41) is 14.9. The molecule has 1 aliphatic carbocycles. The number of aliphatic hydroxyl groups is 1. The van der Waals surface area contributed by atoms with Gasteiger partial charge in [-0.1, -0.05) is 19.9 Å². The van der Waals surface area contributed by atoms with Crippen LogP contribution in [0.4, 0.5) is 24.8 Å². The van der Waals surface area contributed by atoms with E-state index in [0.717, 1.165) is 28.3 Å². The summed E-state index contributed by atoms with van der Waals surface area (Å²) in [5.74, 6) is -0.734. The Morgan fingerprint density at radius 1 is 1.25 bits per heavy atom. The number of nitrogens with one attached hydrogen (secondary N) is 1. The van der Waals surface area contributed by atoms with Crippen LogP contribution < -0.4 is 5.32 Å². The van der Waals surface area contributed by atoms with Crippen LogP contribution in [0.15, 0.2) is 36.7 Å². The van der Waals surface area contributed by atoms with E-state index in [0.29, 0.717) is 30.0 Å². The molecule has 1 saturated carbocycles. The fourth-order valence-electron chi connectivity index (χ4n) is 4.83. The van der Waals surface area contributed by atoms with Crippen LogP contribution >= 0.6 is 11.3 Å². The molecule has 4 rings (SSSR count). The molecule has 1 fully saturated rings. The predicted octanol–water partition coefficient (Wildman–Crippen LogP) is 5.86. The summed E-state index contributed by atoms with van der Waals surface area (Å²) in [7, 11) is 1.37. The van der Waals surface area contributed by atoms with Gasteiger partial charge in [-0.05, 0) is 60.9 Å². The van der Waals surface area contributed by atoms with E-state index in [1.165, 1.54) is 18.4 Å². The monoisotopic (exact) mass is 520 g/mol. The molecule has 2 aromatic heterocycles. The molecule has 36 heavy (non-hydrogen) atoms. The molecule has 192 valence electrons. The number of halogens is 3. The maximum absolute atomic E-state index is 13.0. The molecular formula is C25H27F3N4O3S. The summed E-state index contributed by atoms with van der Waals surface area (Å²) in [4.78, 5) is 25.0. The van der Waals surface area contributed by atoms with Gasteiger partial charge in [0.05, 0.1) is 17.9 Å². The number of anilines is 2. The first-order valence-corrected chi connectivity index (χ1v) is 12.2. The number of aryl methyl sites for hydroxylation is 1. The molecule has 1 aliphatic rings. The molecule has 0 saturated heterocycles.